The first-order valence-corrected chi connectivity index (χ1v) is 6.91. The summed E-state index contributed by atoms with van der Waals surface area (Å²) in [5, 5.41) is 18.1. The largest absolute Gasteiger partial charge is 0.465 e. The molecule has 0 aliphatic carbocycles. The van der Waals surface area contributed by atoms with Gasteiger partial charge >= 0.3 is 5.97 Å². The Morgan fingerprint density at radius 3 is 3.18 bits per heavy atom. The Labute approximate surface area is 126 Å². The van der Waals surface area contributed by atoms with E-state index in [1.54, 1.807) is 23.1 Å². The van der Waals surface area contributed by atoms with Crippen molar-refractivity contribution in [1.82, 2.24) is 20.0 Å². The molecule has 0 unspecified atom stereocenters. The number of ether oxygens (including phenoxy) is 2. The second kappa shape index (κ2) is 6.20. The Kier molecular flexibility index (Phi) is 4.12. The topological polar surface area (TPSA) is 99.4 Å². The predicted octanol–water partition coefficient (Wildman–Crippen LogP) is 0.449. The number of carbonyl (C=O) groups excluding carboxylic acids is 1. The van der Waals surface area contributed by atoms with Crippen LogP contribution in [0.3, 0.4) is 0 Å². The van der Waals surface area contributed by atoms with E-state index in [0.717, 1.165) is 0 Å². The van der Waals surface area contributed by atoms with Crippen molar-refractivity contribution in [2.24, 2.45) is 0 Å². The minimum Gasteiger partial charge on any atom is -0.465 e. The van der Waals surface area contributed by atoms with E-state index < -0.39 is 12.1 Å². The molecule has 2 aromatic heterocycles. The predicted molar refractivity (Wildman–Crippen MR) is 75.1 cm³/mol. The summed E-state index contributed by atoms with van der Waals surface area (Å²) in [5.74, 6) is -0.460. The third kappa shape index (κ3) is 2.70. The molecule has 3 heterocycles. The van der Waals surface area contributed by atoms with E-state index >= 15 is 0 Å². The summed E-state index contributed by atoms with van der Waals surface area (Å²) in [6.45, 7) is 0.845. The number of methoxy groups -OCH3 is 1. The number of rotatable bonds is 3. The molecule has 8 nitrogen and oxygen atoms in total. The van der Waals surface area contributed by atoms with E-state index in [9.17, 15) is 9.90 Å². The molecule has 8 heteroatoms. The Balaban J connectivity index is 1.93. The number of aliphatic hydroxyl groups is 1. The Morgan fingerprint density at radius 1 is 1.55 bits per heavy atom. The molecule has 1 aliphatic heterocycles. The summed E-state index contributed by atoms with van der Waals surface area (Å²) in [7, 11) is 1.32. The fraction of sp³-hybridized carbons (Fsp3) is 0.429. The van der Waals surface area contributed by atoms with Crippen molar-refractivity contribution in [3.8, 4) is 11.3 Å². The van der Waals surface area contributed by atoms with Gasteiger partial charge in [-0.25, -0.2) is 9.48 Å². The van der Waals surface area contributed by atoms with Gasteiger partial charge in [0.05, 0.1) is 37.6 Å². The molecule has 2 atom stereocenters. The summed E-state index contributed by atoms with van der Waals surface area (Å²) >= 11 is 0. The van der Waals surface area contributed by atoms with Crippen LogP contribution in [0.5, 0.6) is 0 Å². The number of hydrogen-bond acceptors (Lipinski definition) is 7. The molecule has 1 aliphatic rings. The van der Waals surface area contributed by atoms with Gasteiger partial charge < -0.3 is 14.6 Å². The van der Waals surface area contributed by atoms with Crippen LogP contribution in [-0.2, 0) is 9.47 Å². The zero-order chi connectivity index (χ0) is 15.5. The van der Waals surface area contributed by atoms with Crippen LogP contribution < -0.4 is 0 Å². The highest BCUT2D eigenvalue weighted by Crippen LogP contribution is 2.25. The summed E-state index contributed by atoms with van der Waals surface area (Å²) < 4.78 is 11.6. The number of nitrogens with zero attached hydrogens (tertiary/aromatic N) is 4. The van der Waals surface area contributed by atoms with Crippen molar-refractivity contribution in [1.29, 1.82) is 0 Å². The summed E-state index contributed by atoms with van der Waals surface area (Å²) in [6, 6.07) is 1.39. The second-order valence-electron chi connectivity index (χ2n) is 4.99. The van der Waals surface area contributed by atoms with Gasteiger partial charge in [-0.1, -0.05) is 5.21 Å². The Bertz CT molecular complexity index is 672. The molecular weight excluding hydrogens is 288 g/mol. The monoisotopic (exact) mass is 304 g/mol. The van der Waals surface area contributed by atoms with Gasteiger partial charge in [-0.3, -0.25) is 4.98 Å². The fourth-order valence-corrected chi connectivity index (χ4v) is 2.47. The molecule has 1 fully saturated rings. The minimum atomic E-state index is -0.628. The molecule has 0 spiro atoms. The lowest BCUT2D eigenvalue weighted by molar-refractivity contribution is -0.0420. The van der Waals surface area contributed by atoms with Gasteiger partial charge in [0.2, 0.25) is 0 Å². The normalized spacial score (nSPS) is 21.5. The molecule has 0 bridgehead atoms. The molecule has 0 radical (unpaired) electrons. The quantitative estimate of drug-likeness (QED) is 0.822. The van der Waals surface area contributed by atoms with Crippen LogP contribution in [0, 0.1) is 0 Å². The molecule has 0 amide bonds. The van der Waals surface area contributed by atoms with E-state index in [1.807, 2.05) is 0 Å². The molecule has 1 N–H and O–H groups in total. The highest BCUT2D eigenvalue weighted by molar-refractivity contribution is 5.96. The third-order valence-electron chi connectivity index (χ3n) is 3.64. The number of pyridine rings is 1. The van der Waals surface area contributed by atoms with Crippen LogP contribution >= 0.6 is 0 Å². The highest BCUT2D eigenvalue weighted by Gasteiger charge is 2.27. The summed E-state index contributed by atoms with van der Waals surface area (Å²) in [4.78, 5) is 15.8. The number of carbonyl (C=O) groups is 1. The SMILES string of the molecule is COC(=O)c1ccncc1-c1cn([C@@H]2CCOC[C@H]2O)nn1. The van der Waals surface area contributed by atoms with Crippen molar-refractivity contribution in [2.75, 3.05) is 20.3 Å². The van der Waals surface area contributed by atoms with Crippen molar-refractivity contribution < 1.29 is 19.4 Å². The lowest BCUT2D eigenvalue weighted by Gasteiger charge is -2.27. The van der Waals surface area contributed by atoms with Crippen LogP contribution in [0.4, 0.5) is 0 Å². The average molecular weight is 304 g/mol. The van der Waals surface area contributed by atoms with E-state index in [-0.39, 0.29) is 12.6 Å². The zero-order valence-electron chi connectivity index (χ0n) is 12.0. The molecule has 0 aromatic carbocycles. The fourth-order valence-electron chi connectivity index (χ4n) is 2.47. The van der Waals surface area contributed by atoms with Gasteiger partial charge in [-0.2, -0.15) is 0 Å². The first-order chi connectivity index (χ1) is 10.7. The lowest BCUT2D eigenvalue weighted by atomic mass is 10.1. The summed E-state index contributed by atoms with van der Waals surface area (Å²) in [5.41, 5.74) is 1.42. The van der Waals surface area contributed by atoms with E-state index in [0.29, 0.717) is 29.8 Å². The molecule has 116 valence electrons. The standard InChI is InChI=1S/C14H16N4O4/c1-21-14(20)9-2-4-15-6-10(9)11-7-18(17-16-11)12-3-5-22-8-13(12)19/h2,4,6-7,12-13,19H,3,5,8H2,1H3/t12-,13-/m1/s1. The van der Waals surface area contributed by atoms with Gasteiger partial charge in [0.1, 0.15) is 5.69 Å². The number of esters is 1. The van der Waals surface area contributed by atoms with Gasteiger partial charge in [0, 0.05) is 24.6 Å². The first kappa shape index (κ1) is 14.6. The molecular formula is C14H16N4O4. The number of aliphatic hydroxyl groups excluding tert-OH is 1. The second-order valence-corrected chi connectivity index (χ2v) is 4.99. The maximum Gasteiger partial charge on any atom is 0.338 e. The maximum atomic E-state index is 11.8. The number of aromatic nitrogens is 4. The van der Waals surface area contributed by atoms with Crippen LogP contribution in [-0.4, -0.2) is 57.5 Å². The average Bonchev–Trinajstić information content (AvgIpc) is 3.04. The zero-order valence-corrected chi connectivity index (χ0v) is 12.0. The van der Waals surface area contributed by atoms with Gasteiger partial charge in [-0.15, -0.1) is 5.10 Å². The van der Waals surface area contributed by atoms with Crippen molar-refractivity contribution in [2.45, 2.75) is 18.6 Å². The van der Waals surface area contributed by atoms with E-state index in [4.69, 9.17) is 9.47 Å². The number of hydrogen-bond donors (Lipinski definition) is 1. The van der Waals surface area contributed by atoms with Crippen molar-refractivity contribution in [3.05, 3.63) is 30.2 Å². The summed E-state index contributed by atoms with van der Waals surface area (Å²) in [6.07, 6.45) is 4.78. The molecule has 3 rings (SSSR count). The smallest absolute Gasteiger partial charge is 0.338 e. The molecule has 22 heavy (non-hydrogen) atoms. The highest BCUT2D eigenvalue weighted by atomic mass is 16.5. The lowest BCUT2D eigenvalue weighted by Crippen LogP contribution is -2.34. The van der Waals surface area contributed by atoms with Crippen LogP contribution in [0.15, 0.2) is 24.7 Å². The van der Waals surface area contributed by atoms with Crippen molar-refractivity contribution >= 4 is 5.97 Å². The Hall–Kier alpha value is -2.32. The molecule has 1 saturated heterocycles. The first-order valence-electron chi connectivity index (χ1n) is 6.91. The van der Waals surface area contributed by atoms with Crippen LogP contribution in [0.2, 0.25) is 0 Å². The Morgan fingerprint density at radius 2 is 2.41 bits per heavy atom. The maximum absolute atomic E-state index is 11.8. The minimum absolute atomic E-state index is 0.187. The van der Waals surface area contributed by atoms with Gasteiger partial charge in [0.15, 0.2) is 0 Å². The van der Waals surface area contributed by atoms with E-state index in [1.165, 1.54) is 13.3 Å². The van der Waals surface area contributed by atoms with Crippen LogP contribution in [0.25, 0.3) is 11.3 Å². The van der Waals surface area contributed by atoms with Gasteiger partial charge in [0.25, 0.3) is 0 Å². The molecule has 0 saturated carbocycles. The van der Waals surface area contributed by atoms with Gasteiger partial charge in [-0.05, 0) is 12.5 Å². The van der Waals surface area contributed by atoms with E-state index in [2.05, 4.69) is 15.3 Å². The molecule has 2 aromatic rings. The van der Waals surface area contributed by atoms with Crippen molar-refractivity contribution in [3.63, 3.8) is 0 Å². The van der Waals surface area contributed by atoms with Crippen LogP contribution in [0.1, 0.15) is 22.8 Å². The third-order valence-corrected chi connectivity index (χ3v) is 3.64.